The van der Waals surface area contributed by atoms with E-state index >= 15 is 4.48 Å². The molecule has 0 saturated heterocycles. The van der Waals surface area contributed by atoms with Gasteiger partial charge in [-0.1, -0.05) is 76.4 Å². The largest absolute Gasteiger partial charge is 0.462 e. The Balaban J connectivity index is 2.66. The lowest BCUT2D eigenvalue weighted by molar-refractivity contribution is 0.0522. The molecule has 0 atom stereocenters. The molecule has 2 aromatic carbocycles. The summed E-state index contributed by atoms with van der Waals surface area (Å²) in [5, 5.41) is 0.180. The quantitative estimate of drug-likeness (QED) is 0.469. The molecule has 29 heavy (non-hydrogen) atoms. The topological polar surface area (TPSA) is 46.6 Å². The zero-order valence-corrected chi connectivity index (χ0v) is 18.3. The van der Waals surface area contributed by atoms with Crippen molar-refractivity contribution in [3.8, 4) is 0 Å². The van der Waals surface area contributed by atoms with Crippen LogP contribution in [0.25, 0.3) is 0 Å². The van der Waals surface area contributed by atoms with E-state index < -0.39 is 11.9 Å². The molecule has 2 rings (SSSR count). The van der Waals surface area contributed by atoms with E-state index in [0.717, 1.165) is 11.1 Å². The number of ether oxygens (including phenoxy) is 1. The number of carbonyl (C=O) groups excluding carboxylic acids is 2. The molecule has 0 aliphatic heterocycles. The number of hydrogen-bond donors (Lipinski definition) is 0. The molecule has 0 aromatic heterocycles. The van der Waals surface area contributed by atoms with Gasteiger partial charge in [0, 0.05) is 0 Å². The molecule has 4 nitrogen and oxygen atoms in total. The third-order valence-electron chi connectivity index (χ3n) is 4.68. The van der Waals surface area contributed by atoms with Crippen molar-refractivity contribution >= 4 is 17.6 Å². The molecule has 0 unspecified atom stereocenters. The van der Waals surface area contributed by atoms with Gasteiger partial charge < -0.3 is 4.74 Å². The van der Waals surface area contributed by atoms with Gasteiger partial charge in [0.15, 0.2) is 0 Å². The summed E-state index contributed by atoms with van der Waals surface area (Å²) < 4.78 is 20.8. The van der Waals surface area contributed by atoms with Gasteiger partial charge in [-0.25, -0.2) is 4.79 Å². The molecular weight excluding hydrogens is 369 g/mol. The normalized spacial score (nSPS) is 11.9. The van der Waals surface area contributed by atoms with E-state index in [1.165, 1.54) is 12.1 Å². The Hall–Kier alpha value is -2.69. The summed E-state index contributed by atoms with van der Waals surface area (Å²) in [4.78, 5) is 25.4. The number of esters is 1. The summed E-state index contributed by atoms with van der Waals surface area (Å²) >= 11 is 0. The number of nitrogens with zero attached hydrogens (tertiary/aromatic N) is 1. The summed E-state index contributed by atoms with van der Waals surface area (Å²) in [5.74, 6) is -1.54. The number of halogens is 1. The fourth-order valence-electron chi connectivity index (χ4n) is 3.23. The molecule has 0 heterocycles. The van der Waals surface area contributed by atoms with Crippen LogP contribution in [0.4, 0.5) is 10.2 Å². The first kappa shape index (κ1) is 22.6. The highest BCUT2D eigenvalue weighted by Crippen LogP contribution is 2.41. The third kappa shape index (κ3) is 4.84. The Bertz CT molecular complexity index is 875. The lowest BCUT2D eigenvalue weighted by atomic mass is 9.78. The number of benzene rings is 2. The fraction of sp³-hybridized carbons (Fsp3) is 0.417. The molecule has 0 saturated carbocycles. The maximum absolute atomic E-state index is 15.8. The molecule has 0 fully saturated rings. The Kier molecular flexibility index (Phi) is 6.51. The molecule has 5 heteroatoms. The van der Waals surface area contributed by atoms with Crippen LogP contribution >= 0.6 is 0 Å². The predicted octanol–water partition coefficient (Wildman–Crippen LogP) is 5.99. The second kappa shape index (κ2) is 8.36. The summed E-state index contributed by atoms with van der Waals surface area (Å²) in [6, 6.07) is 11.7. The fourth-order valence-corrected chi connectivity index (χ4v) is 3.23. The van der Waals surface area contributed by atoms with Crippen LogP contribution in [-0.4, -0.2) is 18.5 Å². The van der Waals surface area contributed by atoms with Crippen LogP contribution in [0.2, 0.25) is 0 Å². The van der Waals surface area contributed by atoms with E-state index in [1.54, 1.807) is 19.1 Å². The SMILES string of the molecule is CCOC(=O)c1ccccc1C(=O)N(F)c1c(C(C)(C)C)cccc1C(C)(C)C. The standard InChI is InChI=1S/C24H30FNO3/c1-8-29-22(28)17-13-10-9-12-16(17)21(27)26(25)20-18(23(2,3)4)14-11-15-19(20)24(5,6)7/h9-15H,8H2,1-7H3. The minimum absolute atomic E-state index is 0.0305. The Labute approximate surface area is 172 Å². The van der Waals surface area contributed by atoms with Crippen LogP contribution in [0.3, 0.4) is 0 Å². The van der Waals surface area contributed by atoms with Gasteiger partial charge in [-0.2, -0.15) is 0 Å². The minimum atomic E-state index is -0.893. The Morgan fingerprint density at radius 2 is 1.34 bits per heavy atom. The third-order valence-corrected chi connectivity index (χ3v) is 4.68. The van der Waals surface area contributed by atoms with Crippen LogP contribution in [0.1, 0.15) is 80.3 Å². The van der Waals surface area contributed by atoms with Crippen LogP contribution in [0.5, 0.6) is 0 Å². The molecule has 0 aliphatic rings. The second-order valence-corrected chi connectivity index (χ2v) is 9.05. The van der Waals surface area contributed by atoms with Gasteiger partial charge in [0.2, 0.25) is 0 Å². The van der Waals surface area contributed by atoms with Gasteiger partial charge in [-0.15, -0.1) is 5.12 Å². The molecule has 0 bridgehead atoms. The van der Waals surface area contributed by atoms with Gasteiger partial charge in [0.05, 0.1) is 23.4 Å². The van der Waals surface area contributed by atoms with Gasteiger partial charge in [-0.3, -0.25) is 4.79 Å². The van der Waals surface area contributed by atoms with Gasteiger partial charge in [0.1, 0.15) is 0 Å². The van der Waals surface area contributed by atoms with Gasteiger partial charge >= 0.3 is 5.97 Å². The van der Waals surface area contributed by atoms with Crippen molar-refractivity contribution in [2.24, 2.45) is 0 Å². The molecule has 0 N–H and O–H groups in total. The number of amides is 1. The number of hydrogen-bond acceptors (Lipinski definition) is 3. The summed E-state index contributed by atoms with van der Waals surface area (Å²) in [5.41, 5.74) is 0.911. The van der Waals surface area contributed by atoms with Crippen LogP contribution in [0, 0.1) is 0 Å². The highest BCUT2D eigenvalue weighted by molar-refractivity contribution is 6.11. The molecule has 2 aromatic rings. The van der Waals surface area contributed by atoms with Crippen molar-refractivity contribution in [1.82, 2.24) is 0 Å². The number of rotatable bonds is 4. The molecule has 1 amide bonds. The zero-order valence-electron chi connectivity index (χ0n) is 18.3. The van der Waals surface area contributed by atoms with Crippen molar-refractivity contribution < 1.29 is 18.8 Å². The van der Waals surface area contributed by atoms with E-state index in [-0.39, 0.29) is 39.4 Å². The van der Waals surface area contributed by atoms with Crippen molar-refractivity contribution in [2.45, 2.75) is 59.3 Å². The van der Waals surface area contributed by atoms with Crippen molar-refractivity contribution in [3.63, 3.8) is 0 Å². The van der Waals surface area contributed by atoms with Crippen LogP contribution in [-0.2, 0) is 15.6 Å². The molecule has 0 aliphatic carbocycles. The smallest absolute Gasteiger partial charge is 0.338 e. The summed E-state index contributed by atoms with van der Waals surface area (Å²) in [6.45, 7) is 13.7. The average Bonchev–Trinajstić information content (AvgIpc) is 2.65. The zero-order chi connectivity index (χ0) is 22.0. The number of anilines is 1. The molecule has 0 spiro atoms. The van der Waals surface area contributed by atoms with E-state index in [0.29, 0.717) is 0 Å². The van der Waals surface area contributed by atoms with Gasteiger partial charge in [-0.05, 0) is 41.0 Å². The summed E-state index contributed by atoms with van der Waals surface area (Å²) in [7, 11) is 0. The van der Waals surface area contributed by atoms with Crippen molar-refractivity contribution in [2.75, 3.05) is 11.7 Å². The minimum Gasteiger partial charge on any atom is -0.462 e. The van der Waals surface area contributed by atoms with Crippen LogP contribution in [0.15, 0.2) is 42.5 Å². The highest BCUT2D eigenvalue weighted by atomic mass is 19.2. The first-order chi connectivity index (χ1) is 13.4. The van der Waals surface area contributed by atoms with Crippen LogP contribution < -0.4 is 5.12 Å². The molecular formula is C24H30FNO3. The second-order valence-electron chi connectivity index (χ2n) is 9.05. The van der Waals surface area contributed by atoms with E-state index in [1.807, 2.05) is 59.7 Å². The maximum Gasteiger partial charge on any atom is 0.338 e. The lowest BCUT2D eigenvalue weighted by Gasteiger charge is -2.31. The van der Waals surface area contributed by atoms with E-state index in [9.17, 15) is 9.59 Å². The monoisotopic (exact) mass is 399 g/mol. The Morgan fingerprint density at radius 1 is 0.862 bits per heavy atom. The highest BCUT2D eigenvalue weighted by Gasteiger charge is 2.33. The lowest BCUT2D eigenvalue weighted by Crippen LogP contribution is -2.30. The van der Waals surface area contributed by atoms with E-state index in [2.05, 4.69) is 0 Å². The average molecular weight is 400 g/mol. The van der Waals surface area contributed by atoms with Crippen molar-refractivity contribution in [3.05, 3.63) is 64.7 Å². The molecule has 156 valence electrons. The molecule has 0 radical (unpaired) electrons. The number of carbonyl (C=O) groups is 2. The van der Waals surface area contributed by atoms with Gasteiger partial charge in [0.25, 0.3) is 5.91 Å². The first-order valence-corrected chi connectivity index (χ1v) is 9.80. The Morgan fingerprint density at radius 3 is 1.79 bits per heavy atom. The predicted molar refractivity (Wildman–Crippen MR) is 114 cm³/mol. The van der Waals surface area contributed by atoms with Crippen molar-refractivity contribution in [1.29, 1.82) is 0 Å². The summed E-state index contributed by atoms with van der Waals surface area (Å²) in [6.07, 6.45) is 0. The first-order valence-electron chi connectivity index (χ1n) is 9.80. The van der Waals surface area contributed by atoms with E-state index in [4.69, 9.17) is 4.74 Å². The maximum atomic E-state index is 15.8. The number of para-hydroxylation sites is 1.